The summed E-state index contributed by atoms with van der Waals surface area (Å²) in [6.07, 6.45) is 0. The molecule has 9 heteroatoms. The molecule has 0 unspecified atom stereocenters. The first-order valence-corrected chi connectivity index (χ1v) is 11.4. The molecule has 0 spiro atoms. The highest BCUT2D eigenvalue weighted by molar-refractivity contribution is 7.99. The normalized spacial score (nSPS) is 11.1. The number of thioether (sulfide) groups is 1. The van der Waals surface area contributed by atoms with Crippen LogP contribution in [0, 0.1) is 12.7 Å². The summed E-state index contributed by atoms with van der Waals surface area (Å²) in [5.74, 6) is -0.654. The summed E-state index contributed by atoms with van der Waals surface area (Å²) in [6.45, 7) is 3.94. The first-order valence-electron chi connectivity index (χ1n) is 9.62. The van der Waals surface area contributed by atoms with Gasteiger partial charge in [-0.15, -0.1) is 0 Å². The third kappa shape index (κ3) is 4.38. The zero-order chi connectivity index (χ0) is 22.0. The maximum absolute atomic E-state index is 13.7. The molecule has 31 heavy (non-hydrogen) atoms. The molecule has 0 atom stereocenters. The number of fused-ring (bicyclic) bond motifs is 1. The second-order valence-corrected chi connectivity index (χ2v) is 8.54. The molecule has 4 aromatic rings. The van der Waals surface area contributed by atoms with Gasteiger partial charge in [-0.05, 0) is 43.1 Å². The molecule has 0 aliphatic heterocycles. The van der Waals surface area contributed by atoms with Crippen molar-refractivity contribution in [3.8, 4) is 11.3 Å². The Morgan fingerprint density at radius 1 is 1.23 bits per heavy atom. The molecule has 0 radical (unpaired) electrons. The van der Waals surface area contributed by atoms with Crippen LogP contribution in [0.25, 0.3) is 21.5 Å². The number of anilines is 1. The minimum absolute atomic E-state index is 0.0334. The molecule has 0 aliphatic rings. The van der Waals surface area contributed by atoms with Gasteiger partial charge in [0.05, 0.1) is 5.75 Å². The van der Waals surface area contributed by atoms with Gasteiger partial charge in [-0.25, -0.2) is 9.37 Å². The third-order valence-electron chi connectivity index (χ3n) is 4.70. The topological polar surface area (TPSA) is 76.9 Å². The number of rotatable bonds is 6. The maximum Gasteiger partial charge on any atom is 0.273 e. The number of nitrogens with one attached hydrogen (secondary N) is 1. The van der Waals surface area contributed by atoms with E-state index in [1.165, 1.54) is 17.8 Å². The molecule has 0 fully saturated rings. The monoisotopic (exact) mass is 454 g/mol. The van der Waals surface area contributed by atoms with Crippen LogP contribution in [-0.2, 0) is 11.3 Å². The molecular weight excluding hydrogens is 435 g/mol. The Hall–Kier alpha value is -3.04. The highest BCUT2D eigenvalue weighted by Gasteiger charge is 2.18. The van der Waals surface area contributed by atoms with Crippen LogP contribution in [0.15, 0.2) is 58.5 Å². The van der Waals surface area contributed by atoms with Gasteiger partial charge in [0.2, 0.25) is 5.91 Å². The molecule has 6 nitrogen and oxygen atoms in total. The van der Waals surface area contributed by atoms with Gasteiger partial charge in [-0.1, -0.05) is 48.2 Å². The van der Waals surface area contributed by atoms with Crippen molar-refractivity contribution in [2.24, 2.45) is 0 Å². The fraction of sp³-hybridized carbons (Fsp3) is 0.182. The summed E-state index contributed by atoms with van der Waals surface area (Å²) in [4.78, 5) is 30.0. The van der Waals surface area contributed by atoms with Crippen LogP contribution in [0.4, 0.5) is 10.1 Å². The van der Waals surface area contributed by atoms with Crippen LogP contribution in [0.5, 0.6) is 0 Å². The lowest BCUT2D eigenvalue weighted by molar-refractivity contribution is -0.113. The maximum atomic E-state index is 13.7. The molecule has 1 amide bonds. The summed E-state index contributed by atoms with van der Waals surface area (Å²) in [7, 11) is 0. The minimum atomic E-state index is -0.379. The summed E-state index contributed by atoms with van der Waals surface area (Å²) >= 11 is 2.30. The molecule has 4 rings (SSSR count). The van der Waals surface area contributed by atoms with Crippen LogP contribution in [0.3, 0.4) is 0 Å². The van der Waals surface area contributed by atoms with Gasteiger partial charge in [-0.2, -0.15) is 4.37 Å². The first-order chi connectivity index (χ1) is 15.0. The Kier molecular flexibility index (Phi) is 6.15. The molecule has 2 heterocycles. The molecular formula is C22H19FN4O2S2. The van der Waals surface area contributed by atoms with Gasteiger partial charge in [-0.3, -0.25) is 14.2 Å². The van der Waals surface area contributed by atoms with E-state index < -0.39 is 0 Å². The second kappa shape index (κ2) is 8.99. The lowest BCUT2D eigenvalue weighted by Crippen LogP contribution is -2.23. The molecule has 0 aliphatic carbocycles. The van der Waals surface area contributed by atoms with Crippen molar-refractivity contribution in [1.82, 2.24) is 13.9 Å². The van der Waals surface area contributed by atoms with Crippen molar-refractivity contribution < 1.29 is 9.18 Å². The number of carbonyl (C=O) groups excluding carboxylic acids is 1. The Labute approximate surface area is 186 Å². The van der Waals surface area contributed by atoms with Crippen molar-refractivity contribution >= 4 is 45.1 Å². The van der Waals surface area contributed by atoms with Crippen molar-refractivity contribution in [2.45, 2.75) is 25.5 Å². The van der Waals surface area contributed by atoms with Gasteiger partial charge in [0.1, 0.15) is 21.7 Å². The van der Waals surface area contributed by atoms with Crippen LogP contribution in [-0.4, -0.2) is 25.6 Å². The van der Waals surface area contributed by atoms with Gasteiger partial charge in [0.15, 0.2) is 5.16 Å². The summed E-state index contributed by atoms with van der Waals surface area (Å²) < 4.78 is 20.2. The quantitative estimate of drug-likeness (QED) is 0.337. The van der Waals surface area contributed by atoms with Crippen LogP contribution in [0.2, 0.25) is 0 Å². The number of aromatic nitrogens is 3. The SMILES string of the molecule is CCn1c(SCC(=O)Nc2ccc(C)c(F)c2)nc2c(-c3ccccc3)nsc2c1=O. The average molecular weight is 455 g/mol. The first kappa shape index (κ1) is 21.2. The van der Waals surface area contributed by atoms with Crippen LogP contribution < -0.4 is 10.9 Å². The number of benzene rings is 2. The van der Waals surface area contributed by atoms with Gasteiger partial charge < -0.3 is 5.32 Å². The number of carbonyl (C=O) groups is 1. The molecule has 2 aromatic carbocycles. The molecule has 1 N–H and O–H groups in total. The summed E-state index contributed by atoms with van der Waals surface area (Å²) in [5.41, 5.74) is 2.80. The zero-order valence-electron chi connectivity index (χ0n) is 16.9. The lowest BCUT2D eigenvalue weighted by atomic mass is 10.1. The Balaban J connectivity index is 1.61. The highest BCUT2D eigenvalue weighted by Crippen LogP contribution is 2.29. The fourth-order valence-corrected chi connectivity index (χ4v) is 4.71. The van der Waals surface area contributed by atoms with Crippen molar-refractivity contribution in [3.05, 3.63) is 70.3 Å². The third-order valence-corrected chi connectivity index (χ3v) is 6.50. The van der Waals surface area contributed by atoms with E-state index in [2.05, 4.69) is 14.7 Å². The molecule has 0 bridgehead atoms. The molecule has 158 valence electrons. The minimum Gasteiger partial charge on any atom is -0.325 e. The zero-order valence-corrected chi connectivity index (χ0v) is 18.5. The molecule has 2 aromatic heterocycles. The van der Waals surface area contributed by atoms with Gasteiger partial charge in [0.25, 0.3) is 5.56 Å². The smallest absolute Gasteiger partial charge is 0.273 e. The van der Waals surface area contributed by atoms with Crippen molar-refractivity contribution in [2.75, 3.05) is 11.1 Å². The number of nitrogens with zero attached hydrogens (tertiary/aromatic N) is 3. The van der Waals surface area contributed by atoms with E-state index in [1.807, 2.05) is 37.3 Å². The van der Waals surface area contributed by atoms with E-state index >= 15 is 0 Å². The highest BCUT2D eigenvalue weighted by atomic mass is 32.2. The average Bonchev–Trinajstić information content (AvgIpc) is 3.20. The Morgan fingerprint density at radius 3 is 2.71 bits per heavy atom. The molecule has 0 saturated heterocycles. The van der Waals surface area contributed by atoms with Crippen LogP contribution >= 0.6 is 23.3 Å². The van der Waals surface area contributed by atoms with E-state index in [0.717, 1.165) is 17.1 Å². The predicted molar refractivity (Wildman–Crippen MR) is 123 cm³/mol. The summed E-state index contributed by atoms with van der Waals surface area (Å²) in [5, 5.41) is 3.12. The largest absolute Gasteiger partial charge is 0.325 e. The standard InChI is InChI=1S/C22H19FN4O2S2/c1-3-27-21(29)20-19(18(26-31-20)14-7-5-4-6-8-14)25-22(27)30-12-17(28)24-15-10-9-13(2)16(23)11-15/h4-11H,3,12H2,1-2H3,(H,24,28). The number of hydrogen-bond acceptors (Lipinski definition) is 6. The number of halogens is 1. The fourth-order valence-electron chi connectivity index (χ4n) is 3.07. The van der Waals surface area contributed by atoms with Gasteiger partial charge in [0, 0.05) is 17.8 Å². The second-order valence-electron chi connectivity index (χ2n) is 6.82. The van der Waals surface area contributed by atoms with E-state index in [-0.39, 0.29) is 23.0 Å². The number of hydrogen-bond donors (Lipinski definition) is 1. The summed E-state index contributed by atoms with van der Waals surface area (Å²) in [6, 6.07) is 14.1. The lowest BCUT2D eigenvalue weighted by Gasteiger charge is -2.10. The van der Waals surface area contributed by atoms with Crippen molar-refractivity contribution in [3.63, 3.8) is 0 Å². The van der Waals surface area contributed by atoms with E-state index in [9.17, 15) is 14.0 Å². The number of amides is 1. The van der Waals surface area contributed by atoms with E-state index in [1.54, 1.807) is 23.6 Å². The van der Waals surface area contributed by atoms with Crippen molar-refractivity contribution in [1.29, 1.82) is 0 Å². The van der Waals surface area contributed by atoms with E-state index in [0.29, 0.717) is 38.9 Å². The number of aryl methyl sites for hydroxylation is 1. The molecule has 0 saturated carbocycles. The Bertz CT molecular complexity index is 1320. The predicted octanol–water partition coefficient (Wildman–Crippen LogP) is 4.72. The Morgan fingerprint density at radius 2 is 2.00 bits per heavy atom. The van der Waals surface area contributed by atoms with E-state index in [4.69, 9.17) is 0 Å². The van der Waals surface area contributed by atoms with Gasteiger partial charge >= 0.3 is 0 Å². The van der Waals surface area contributed by atoms with Crippen LogP contribution in [0.1, 0.15) is 12.5 Å².